The lowest BCUT2D eigenvalue weighted by molar-refractivity contribution is -0.154. The second kappa shape index (κ2) is 11.4. The van der Waals surface area contributed by atoms with Crippen LogP contribution in [0.15, 0.2) is 23.3 Å². The van der Waals surface area contributed by atoms with Crippen LogP contribution in [0.4, 0.5) is 13.2 Å². The van der Waals surface area contributed by atoms with Gasteiger partial charge in [0.25, 0.3) is 0 Å². The lowest BCUT2D eigenvalue weighted by Crippen LogP contribution is -2.36. The summed E-state index contributed by atoms with van der Waals surface area (Å²) in [5.41, 5.74) is 1.47. The maximum absolute atomic E-state index is 12.4. The van der Waals surface area contributed by atoms with Crippen molar-refractivity contribution in [3.05, 3.63) is 39.5 Å². The van der Waals surface area contributed by atoms with Crippen molar-refractivity contribution >= 4 is 41.3 Å². The molecule has 0 aromatic carbocycles. The molecule has 0 radical (unpaired) electrons. The van der Waals surface area contributed by atoms with E-state index in [-0.39, 0.29) is 36.4 Å². The van der Waals surface area contributed by atoms with Gasteiger partial charge in [-0.05, 0) is 26.8 Å². The molecule has 0 aliphatic rings. The predicted octanol–water partition coefficient (Wildman–Crippen LogP) is 3.97. The van der Waals surface area contributed by atoms with E-state index >= 15 is 0 Å². The fourth-order valence-corrected chi connectivity index (χ4v) is 2.98. The molecule has 2 N–H and O–H groups in total. The smallest absolute Gasteiger partial charge is 0.422 e. The summed E-state index contributed by atoms with van der Waals surface area (Å²) in [7, 11) is 0. The van der Waals surface area contributed by atoms with Crippen LogP contribution in [0.5, 0.6) is 5.88 Å². The Labute approximate surface area is 183 Å². The maximum Gasteiger partial charge on any atom is 0.422 e. The van der Waals surface area contributed by atoms with E-state index < -0.39 is 12.8 Å². The van der Waals surface area contributed by atoms with Gasteiger partial charge < -0.3 is 15.4 Å². The number of aryl methyl sites for hydroxylation is 2. The molecule has 0 fully saturated rings. The molecule has 0 saturated carbocycles. The largest absolute Gasteiger partial charge is 0.468 e. The number of rotatable bonds is 7. The molecule has 0 saturated heterocycles. The Hall–Kier alpha value is -1.63. The first-order chi connectivity index (χ1) is 12.8. The summed E-state index contributed by atoms with van der Waals surface area (Å²) in [4.78, 5) is 13.9. The second-order valence-electron chi connectivity index (χ2n) is 5.67. The van der Waals surface area contributed by atoms with Gasteiger partial charge >= 0.3 is 6.18 Å². The summed E-state index contributed by atoms with van der Waals surface area (Å²) in [6.45, 7) is 5.80. The van der Waals surface area contributed by atoms with Gasteiger partial charge in [0.15, 0.2) is 12.6 Å². The third-order valence-electron chi connectivity index (χ3n) is 3.45. The Morgan fingerprint density at radius 3 is 2.64 bits per heavy atom. The minimum absolute atomic E-state index is 0. The fraction of sp³-hybridized carbons (Fsp3) is 0.471. The van der Waals surface area contributed by atoms with Crippen molar-refractivity contribution in [1.82, 2.24) is 20.6 Å². The number of nitrogens with zero attached hydrogens (tertiary/aromatic N) is 3. The molecule has 0 amide bonds. The number of alkyl halides is 3. The van der Waals surface area contributed by atoms with Crippen LogP contribution in [0.1, 0.15) is 28.1 Å². The Morgan fingerprint density at radius 1 is 1.29 bits per heavy atom. The zero-order chi connectivity index (χ0) is 19.9. The number of pyridine rings is 1. The van der Waals surface area contributed by atoms with Crippen LogP contribution in [-0.2, 0) is 13.1 Å². The fourth-order valence-electron chi connectivity index (χ4n) is 2.10. The molecule has 2 aromatic heterocycles. The highest BCUT2D eigenvalue weighted by Crippen LogP contribution is 2.20. The standard InChI is InChI=1S/C17H22F3N5OS.HI/c1-4-21-16(24-9-14-25-11(2)12(3)27-14)23-8-13-6-5-7-22-15(13)26-10-17(18,19)20;/h5-7H,4,8-10H2,1-3H3,(H2,21,23,24);1H. The molecule has 2 heterocycles. The molecule has 156 valence electrons. The first-order valence-corrected chi connectivity index (χ1v) is 9.18. The van der Waals surface area contributed by atoms with Crippen LogP contribution in [0.25, 0.3) is 0 Å². The quantitative estimate of drug-likeness (QED) is 0.323. The Balaban J connectivity index is 0.00000392. The molecule has 2 rings (SSSR count). The van der Waals surface area contributed by atoms with E-state index in [4.69, 9.17) is 4.74 Å². The average molecular weight is 529 g/mol. The van der Waals surface area contributed by atoms with Gasteiger partial charge in [-0.15, -0.1) is 35.3 Å². The first-order valence-electron chi connectivity index (χ1n) is 8.37. The predicted molar refractivity (Wildman–Crippen MR) is 114 cm³/mol. The van der Waals surface area contributed by atoms with Crippen LogP contribution in [0.3, 0.4) is 0 Å². The van der Waals surface area contributed by atoms with Crippen LogP contribution in [0, 0.1) is 13.8 Å². The summed E-state index contributed by atoms with van der Waals surface area (Å²) in [6, 6.07) is 3.27. The van der Waals surface area contributed by atoms with Gasteiger partial charge in [0.2, 0.25) is 5.88 Å². The summed E-state index contributed by atoms with van der Waals surface area (Å²) < 4.78 is 41.9. The topological polar surface area (TPSA) is 71.4 Å². The number of aliphatic imine (C=N–C) groups is 1. The number of aromatic nitrogens is 2. The molecule has 0 spiro atoms. The summed E-state index contributed by atoms with van der Waals surface area (Å²) in [5, 5.41) is 7.20. The molecular weight excluding hydrogens is 506 g/mol. The van der Waals surface area contributed by atoms with Crippen molar-refractivity contribution in [1.29, 1.82) is 0 Å². The molecular formula is C17H23F3IN5OS. The first kappa shape index (κ1) is 24.4. The third-order valence-corrected chi connectivity index (χ3v) is 4.53. The molecule has 0 bridgehead atoms. The highest BCUT2D eigenvalue weighted by atomic mass is 127. The molecule has 0 aliphatic heterocycles. The monoisotopic (exact) mass is 529 g/mol. The normalized spacial score (nSPS) is 11.7. The van der Waals surface area contributed by atoms with E-state index in [2.05, 4.69) is 25.6 Å². The van der Waals surface area contributed by atoms with Crippen molar-refractivity contribution in [2.45, 2.75) is 40.0 Å². The van der Waals surface area contributed by atoms with Crippen LogP contribution >= 0.6 is 35.3 Å². The van der Waals surface area contributed by atoms with Crippen molar-refractivity contribution < 1.29 is 17.9 Å². The van der Waals surface area contributed by atoms with Crippen LogP contribution in [0.2, 0.25) is 0 Å². The lowest BCUT2D eigenvalue weighted by Gasteiger charge is -2.12. The van der Waals surface area contributed by atoms with E-state index in [1.54, 1.807) is 23.5 Å². The SMILES string of the molecule is CCNC(=NCc1cccnc1OCC(F)(F)F)NCc1nc(C)c(C)s1.I. The van der Waals surface area contributed by atoms with Gasteiger partial charge in [-0.1, -0.05) is 6.07 Å². The van der Waals surface area contributed by atoms with Gasteiger partial charge in [0.1, 0.15) is 5.01 Å². The van der Waals surface area contributed by atoms with Crippen molar-refractivity contribution in [3.63, 3.8) is 0 Å². The zero-order valence-corrected chi connectivity index (χ0v) is 18.9. The Bertz CT molecular complexity index is 763. The number of nitrogens with one attached hydrogen (secondary N) is 2. The average Bonchev–Trinajstić information content (AvgIpc) is 2.93. The number of guanidine groups is 1. The van der Waals surface area contributed by atoms with Gasteiger partial charge in [0, 0.05) is 23.2 Å². The Kier molecular flexibility index (Phi) is 9.93. The van der Waals surface area contributed by atoms with Crippen LogP contribution in [-0.4, -0.2) is 35.3 Å². The number of thiazole rings is 1. The van der Waals surface area contributed by atoms with E-state index in [0.29, 0.717) is 24.6 Å². The molecule has 6 nitrogen and oxygen atoms in total. The second-order valence-corrected chi connectivity index (χ2v) is 6.96. The van der Waals surface area contributed by atoms with Crippen LogP contribution < -0.4 is 15.4 Å². The lowest BCUT2D eigenvalue weighted by atomic mass is 10.3. The molecule has 28 heavy (non-hydrogen) atoms. The minimum Gasteiger partial charge on any atom is -0.468 e. The third kappa shape index (κ3) is 8.17. The summed E-state index contributed by atoms with van der Waals surface area (Å²) in [6.07, 6.45) is -3.03. The highest BCUT2D eigenvalue weighted by Gasteiger charge is 2.29. The number of hydrogen-bond acceptors (Lipinski definition) is 5. The number of ether oxygens (including phenoxy) is 1. The highest BCUT2D eigenvalue weighted by molar-refractivity contribution is 14.0. The molecule has 11 heteroatoms. The van der Waals surface area contributed by atoms with E-state index in [9.17, 15) is 13.2 Å². The number of halogens is 4. The zero-order valence-electron chi connectivity index (χ0n) is 15.8. The molecule has 2 aromatic rings. The van der Waals surface area contributed by atoms with Crippen molar-refractivity contribution in [2.24, 2.45) is 4.99 Å². The van der Waals surface area contributed by atoms with E-state index in [1.165, 1.54) is 6.20 Å². The molecule has 0 aliphatic carbocycles. The van der Waals surface area contributed by atoms with Gasteiger partial charge in [-0.25, -0.2) is 15.0 Å². The van der Waals surface area contributed by atoms with E-state index in [0.717, 1.165) is 15.6 Å². The van der Waals surface area contributed by atoms with Gasteiger partial charge in [0.05, 0.1) is 18.8 Å². The van der Waals surface area contributed by atoms with Crippen molar-refractivity contribution in [3.8, 4) is 5.88 Å². The van der Waals surface area contributed by atoms with Crippen molar-refractivity contribution in [2.75, 3.05) is 13.2 Å². The molecule has 0 atom stereocenters. The van der Waals surface area contributed by atoms with Gasteiger partial charge in [-0.3, -0.25) is 0 Å². The summed E-state index contributed by atoms with van der Waals surface area (Å²) in [5.74, 6) is 0.467. The van der Waals surface area contributed by atoms with E-state index in [1.807, 2.05) is 20.8 Å². The minimum atomic E-state index is -4.42. The number of hydrogen-bond donors (Lipinski definition) is 2. The molecule has 0 unspecified atom stereocenters. The van der Waals surface area contributed by atoms with Gasteiger partial charge in [-0.2, -0.15) is 13.2 Å². The Morgan fingerprint density at radius 2 is 2.04 bits per heavy atom. The summed E-state index contributed by atoms with van der Waals surface area (Å²) >= 11 is 1.61. The maximum atomic E-state index is 12.4.